The van der Waals surface area contributed by atoms with Gasteiger partial charge in [0.15, 0.2) is 11.5 Å². The lowest BCUT2D eigenvalue weighted by Gasteiger charge is -2.34. The summed E-state index contributed by atoms with van der Waals surface area (Å²) in [5, 5.41) is 0. The normalized spacial score (nSPS) is 20.3. The Kier molecular flexibility index (Phi) is 3.32. The van der Waals surface area contributed by atoms with E-state index in [1.54, 1.807) is 28.6 Å². The Balaban J connectivity index is 1.74. The van der Waals surface area contributed by atoms with Crippen molar-refractivity contribution in [2.45, 2.75) is 24.3 Å². The van der Waals surface area contributed by atoms with Gasteiger partial charge < -0.3 is 9.47 Å². The van der Waals surface area contributed by atoms with Crippen LogP contribution >= 0.6 is 0 Å². The highest BCUT2D eigenvalue weighted by atomic mass is 32.2. The molecule has 0 saturated heterocycles. The first-order chi connectivity index (χ1) is 11.1. The molecule has 2 aromatic carbocycles. The summed E-state index contributed by atoms with van der Waals surface area (Å²) in [5.41, 5.74) is 2.11. The average Bonchev–Trinajstić information content (AvgIpc) is 3.01. The zero-order valence-corrected chi connectivity index (χ0v) is 13.5. The summed E-state index contributed by atoms with van der Waals surface area (Å²) in [7, 11) is -3.51. The SMILES string of the molecule is CC1c2cc3c(cc2CCN1S(=O)(=O)c1ccccc1)OCO3. The van der Waals surface area contributed by atoms with Crippen LogP contribution in [0.4, 0.5) is 0 Å². The van der Waals surface area contributed by atoms with E-state index in [9.17, 15) is 8.42 Å². The van der Waals surface area contributed by atoms with Gasteiger partial charge in [-0.15, -0.1) is 0 Å². The molecule has 120 valence electrons. The minimum Gasteiger partial charge on any atom is -0.454 e. The topological polar surface area (TPSA) is 55.8 Å². The van der Waals surface area contributed by atoms with Crippen LogP contribution in [0.25, 0.3) is 0 Å². The fraction of sp³-hybridized carbons (Fsp3) is 0.294. The first-order valence-electron chi connectivity index (χ1n) is 7.57. The number of ether oxygens (including phenoxy) is 2. The van der Waals surface area contributed by atoms with Crippen LogP contribution in [0.5, 0.6) is 11.5 Å². The summed E-state index contributed by atoms with van der Waals surface area (Å²) in [6, 6.07) is 12.2. The Bertz CT molecular complexity index is 848. The maximum absolute atomic E-state index is 12.9. The lowest BCUT2D eigenvalue weighted by molar-refractivity contribution is 0.174. The van der Waals surface area contributed by atoms with Gasteiger partial charge >= 0.3 is 0 Å². The van der Waals surface area contributed by atoms with Gasteiger partial charge in [0.1, 0.15) is 0 Å². The summed E-state index contributed by atoms with van der Waals surface area (Å²) in [6.45, 7) is 2.60. The summed E-state index contributed by atoms with van der Waals surface area (Å²) in [6.07, 6.45) is 0.669. The molecule has 0 aromatic heterocycles. The van der Waals surface area contributed by atoms with Crippen molar-refractivity contribution in [3.8, 4) is 11.5 Å². The minimum absolute atomic E-state index is 0.221. The zero-order chi connectivity index (χ0) is 16.0. The molecule has 6 heteroatoms. The fourth-order valence-electron chi connectivity index (χ4n) is 3.24. The second-order valence-electron chi connectivity index (χ2n) is 5.76. The van der Waals surface area contributed by atoms with Crippen LogP contribution < -0.4 is 9.47 Å². The van der Waals surface area contributed by atoms with Crippen LogP contribution in [0.1, 0.15) is 24.1 Å². The molecule has 23 heavy (non-hydrogen) atoms. The second kappa shape index (κ2) is 5.25. The van der Waals surface area contributed by atoms with E-state index >= 15 is 0 Å². The van der Waals surface area contributed by atoms with E-state index in [0.29, 0.717) is 23.6 Å². The number of nitrogens with zero attached hydrogens (tertiary/aromatic N) is 1. The van der Waals surface area contributed by atoms with Crippen molar-refractivity contribution in [2.24, 2.45) is 0 Å². The molecule has 0 amide bonds. The zero-order valence-electron chi connectivity index (χ0n) is 12.7. The number of fused-ring (bicyclic) bond motifs is 2. The smallest absolute Gasteiger partial charge is 0.243 e. The molecule has 2 aromatic rings. The number of benzene rings is 2. The average molecular weight is 331 g/mol. The summed E-state index contributed by atoms with van der Waals surface area (Å²) >= 11 is 0. The van der Waals surface area contributed by atoms with Gasteiger partial charge in [-0.05, 0) is 48.7 Å². The highest BCUT2D eigenvalue weighted by Crippen LogP contribution is 2.41. The van der Waals surface area contributed by atoms with Crippen molar-refractivity contribution in [3.63, 3.8) is 0 Å². The molecule has 1 unspecified atom stereocenters. The largest absolute Gasteiger partial charge is 0.454 e. The molecular weight excluding hydrogens is 314 g/mol. The van der Waals surface area contributed by atoms with Crippen LogP contribution in [0, 0.1) is 0 Å². The Morgan fingerprint density at radius 2 is 1.78 bits per heavy atom. The van der Waals surface area contributed by atoms with E-state index in [0.717, 1.165) is 16.9 Å². The quantitative estimate of drug-likeness (QED) is 0.849. The van der Waals surface area contributed by atoms with Gasteiger partial charge in [-0.25, -0.2) is 8.42 Å². The Hall–Kier alpha value is -2.05. The van der Waals surface area contributed by atoms with Crippen molar-refractivity contribution < 1.29 is 17.9 Å². The highest BCUT2D eigenvalue weighted by Gasteiger charge is 2.35. The molecule has 0 bridgehead atoms. The van der Waals surface area contributed by atoms with Gasteiger partial charge in [-0.1, -0.05) is 18.2 Å². The van der Waals surface area contributed by atoms with Gasteiger partial charge in [-0.2, -0.15) is 4.31 Å². The van der Waals surface area contributed by atoms with Crippen molar-refractivity contribution in [1.29, 1.82) is 0 Å². The van der Waals surface area contributed by atoms with Crippen molar-refractivity contribution in [3.05, 3.63) is 53.6 Å². The molecule has 0 saturated carbocycles. The van der Waals surface area contributed by atoms with Crippen LogP contribution in [0.2, 0.25) is 0 Å². The maximum atomic E-state index is 12.9. The van der Waals surface area contributed by atoms with Gasteiger partial charge in [0.2, 0.25) is 16.8 Å². The number of hydrogen-bond acceptors (Lipinski definition) is 4. The van der Waals surface area contributed by atoms with Crippen LogP contribution in [0.3, 0.4) is 0 Å². The number of sulfonamides is 1. The van der Waals surface area contributed by atoms with Gasteiger partial charge in [-0.3, -0.25) is 0 Å². The third kappa shape index (κ3) is 2.29. The van der Waals surface area contributed by atoms with Crippen molar-refractivity contribution >= 4 is 10.0 Å². The van der Waals surface area contributed by atoms with E-state index in [-0.39, 0.29) is 12.8 Å². The standard InChI is InChI=1S/C17H17NO4S/c1-12-15-10-17-16(21-11-22-17)9-13(15)7-8-18(12)23(19,20)14-5-3-2-4-6-14/h2-6,9-10,12H,7-8,11H2,1H3. The fourth-order valence-corrected chi connectivity index (χ4v) is 4.87. The van der Waals surface area contributed by atoms with Crippen LogP contribution in [-0.2, 0) is 16.4 Å². The first kappa shape index (κ1) is 14.5. The van der Waals surface area contributed by atoms with Crippen LogP contribution in [0.15, 0.2) is 47.4 Å². The molecule has 1 atom stereocenters. The second-order valence-corrected chi connectivity index (χ2v) is 7.65. The van der Waals surface area contributed by atoms with Gasteiger partial charge in [0.25, 0.3) is 0 Å². The Morgan fingerprint density at radius 1 is 1.09 bits per heavy atom. The predicted molar refractivity (Wildman–Crippen MR) is 85.0 cm³/mol. The predicted octanol–water partition coefficient (Wildman–Crippen LogP) is 2.72. The molecule has 2 heterocycles. The van der Waals surface area contributed by atoms with Crippen molar-refractivity contribution in [1.82, 2.24) is 4.31 Å². The molecule has 2 aliphatic rings. The highest BCUT2D eigenvalue weighted by molar-refractivity contribution is 7.89. The van der Waals surface area contributed by atoms with E-state index in [1.807, 2.05) is 25.1 Å². The lowest BCUT2D eigenvalue weighted by Crippen LogP contribution is -2.38. The third-order valence-corrected chi connectivity index (χ3v) is 6.45. The molecule has 0 spiro atoms. The minimum atomic E-state index is -3.51. The monoisotopic (exact) mass is 331 g/mol. The molecule has 4 rings (SSSR count). The van der Waals surface area contributed by atoms with Crippen molar-refractivity contribution in [2.75, 3.05) is 13.3 Å². The summed E-state index contributed by atoms with van der Waals surface area (Å²) < 4.78 is 38.2. The maximum Gasteiger partial charge on any atom is 0.243 e. The van der Waals surface area contributed by atoms with E-state index in [4.69, 9.17) is 9.47 Å². The van der Waals surface area contributed by atoms with E-state index in [1.165, 1.54) is 0 Å². The Morgan fingerprint density at radius 3 is 2.52 bits per heavy atom. The molecule has 5 nitrogen and oxygen atoms in total. The molecule has 2 aliphatic heterocycles. The van der Waals surface area contributed by atoms with E-state index in [2.05, 4.69) is 0 Å². The Labute approximate surface area is 135 Å². The molecule has 0 aliphatic carbocycles. The lowest BCUT2D eigenvalue weighted by atomic mass is 9.94. The summed E-state index contributed by atoms with van der Waals surface area (Å²) in [4.78, 5) is 0.330. The molecule has 0 radical (unpaired) electrons. The van der Waals surface area contributed by atoms with E-state index < -0.39 is 10.0 Å². The molecule has 0 fully saturated rings. The van der Waals surface area contributed by atoms with Gasteiger partial charge in [0.05, 0.1) is 4.90 Å². The number of rotatable bonds is 2. The number of hydrogen-bond donors (Lipinski definition) is 0. The van der Waals surface area contributed by atoms with Crippen LogP contribution in [-0.4, -0.2) is 26.1 Å². The summed E-state index contributed by atoms with van der Waals surface area (Å²) in [5.74, 6) is 1.44. The molecule has 0 N–H and O–H groups in total. The molecular formula is C17H17NO4S. The third-order valence-electron chi connectivity index (χ3n) is 4.47. The van der Waals surface area contributed by atoms with Gasteiger partial charge in [0, 0.05) is 12.6 Å². The first-order valence-corrected chi connectivity index (χ1v) is 9.01.